The number of aliphatic imine (C=N–C) groups is 1. The number of imide groups is 1. The van der Waals surface area contributed by atoms with E-state index in [1.807, 2.05) is 6.07 Å². The van der Waals surface area contributed by atoms with Gasteiger partial charge in [-0.05, 0) is 69.6 Å². The predicted molar refractivity (Wildman–Crippen MR) is 216 cm³/mol. The van der Waals surface area contributed by atoms with Crippen molar-refractivity contribution in [2.24, 2.45) is 22.6 Å². The SMILES string of the molecule is CCCCC(CC)CN=C(N)c1c(C(=O)O)c(Br)c2c3ccc4c5c(cc(Br)c(c6ccc(C(=O)NCC(CC)CCCC)c1c62)c53)C(=O)NC4=O. The summed E-state index contributed by atoms with van der Waals surface area (Å²) in [5.41, 5.74) is 7.93. The summed E-state index contributed by atoms with van der Waals surface area (Å²) in [6, 6.07) is 8.74. The quantitative estimate of drug-likeness (QED) is 0.0271. The molecule has 1 aliphatic heterocycles. The van der Waals surface area contributed by atoms with Gasteiger partial charge in [0.2, 0.25) is 0 Å². The number of carboxylic acid groups (broad SMARTS) is 1. The maximum atomic E-state index is 14.3. The molecule has 5 N–H and O–H groups in total. The number of halogens is 2. The Labute approximate surface area is 319 Å². The van der Waals surface area contributed by atoms with Crippen LogP contribution in [0.3, 0.4) is 0 Å². The second kappa shape index (κ2) is 15.5. The van der Waals surface area contributed by atoms with Crippen LogP contribution in [-0.4, -0.2) is 47.7 Å². The molecule has 272 valence electrons. The topological polar surface area (TPSA) is 151 Å². The average Bonchev–Trinajstić information content (AvgIpc) is 3.13. The summed E-state index contributed by atoms with van der Waals surface area (Å²) in [7, 11) is 0. The lowest BCUT2D eigenvalue weighted by atomic mass is 9.82. The van der Waals surface area contributed by atoms with E-state index in [0.29, 0.717) is 77.9 Å². The first-order chi connectivity index (χ1) is 25.0. The molecule has 0 fully saturated rings. The van der Waals surface area contributed by atoms with Gasteiger partial charge in [-0.2, -0.15) is 0 Å². The third kappa shape index (κ3) is 6.44. The lowest BCUT2D eigenvalue weighted by Gasteiger charge is -2.25. The van der Waals surface area contributed by atoms with Gasteiger partial charge in [-0.15, -0.1) is 0 Å². The molecule has 0 saturated carbocycles. The minimum absolute atomic E-state index is 0.0533. The Morgan fingerprint density at radius 1 is 0.808 bits per heavy atom. The molecule has 0 bridgehead atoms. The monoisotopic (exact) mass is 830 g/mol. The van der Waals surface area contributed by atoms with Crippen LogP contribution < -0.4 is 16.4 Å². The van der Waals surface area contributed by atoms with Crippen molar-refractivity contribution in [1.82, 2.24) is 10.6 Å². The van der Waals surface area contributed by atoms with Crippen molar-refractivity contribution in [3.63, 3.8) is 0 Å². The van der Waals surface area contributed by atoms with Crippen LogP contribution in [0.25, 0.3) is 43.1 Å². The predicted octanol–water partition coefficient (Wildman–Crippen LogP) is 9.71. The van der Waals surface area contributed by atoms with Crippen molar-refractivity contribution in [1.29, 1.82) is 0 Å². The Balaban J connectivity index is 1.73. The van der Waals surface area contributed by atoms with Crippen molar-refractivity contribution in [2.45, 2.75) is 79.1 Å². The molecular formula is C41H44Br2N4O5. The van der Waals surface area contributed by atoms with E-state index in [9.17, 15) is 24.3 Å². The number of nitrogens with zero attached hydrogens (tertiary/aromatic N) is 1. The molecule has 0 saturated heterocycles. The highest BCUT2D eigenvalue weighted by Crippen LogP contribution is 2.50. The van der Waals surface area contributed by atoms with Crippen LogP contribution in [0, 0.1) is 11.8 Å². The number of rotatable bonds is 15. The van der Waals surface area contributed by atoms with Gasteiger partial charge in [0.1, 0.15) is 5.84 Å². The fourth-order valence-corrected chi connectivity index (χ4v) is 9.23. The molecule has 1 aliphatic rings. The third-order valence-corrected chi connectivity index (χ3v) is 12.2. The number of aromatic carboxylic acids is 1. The molecule has 2 unspecified atom stereocenters. The van der Waals surface area contributed by atoms with Gasteiger partial charge in [0, 0.05) is 76.6 Å². The zero-order chi connectivity index (χ0) is 37.4. The van der Waals surface area contributed by atoms with Gasteiger partial charge in [0.25, 0.3) is 17.7 Å². The molecule has 5 aromatic carbocycles. The van der Waals surface area contributed by atoms with Gasteiger partial charge in [0.05, 0.1) is 5.56 Å². The van der Waals surface area contributed by atoms with Crippen molar-refractivity contribution in [3.05, 3.63) is 67.1 Å². The van der Waals surface area contributed by atoms with Crippen LogP contribution in [0.1, 0.15) is 126 Å². The van der Waals surface area contributed by atoms with E-state index in [4.69, 9.17) is 10.7 Å². The second-order valence-corrected chi connectivity index (χ2v) is 15.5. The largest absolute Gasteiger partial charge is 0.478 e. The van der Waals surface area contributed by atoms with Crippen LogP contribution in [-0.2, 0) is 0 Å². The summed E-state index contributed by atoms with van der Waals surface area (Å²) >= 11 is 7.44. The van der Waals surface area contributed by atoms with E-state index in [0.717, 1.165) is 56.8 Å². The first-order valence-electron chi connectivity index (χ1n) is 18.3. The highest BCUT2D eigenvalue weighted by Gasteiger charge is 2.33. The number of nitrogens with one attached hydrogen (secondary N) is 2. The summed E-state index contributed by atoms with van der Waals surface area (Å²) in [5, 5.41) is 21.3. The Morgan fingerprint density at radius 2 is 1.42 bits per heavy atom. The number of nitrogens with two attached hydrogens (primary N) is 1. The summed E-state index contributed by atoms with van der Waals surface area (Å²) in [5.74, 6) is -1.95. The number of fused-ring (bicyclic) bond motifs is 2. The smallest absolute Gasteiger partial charge is 0.337 e. The molecule has 0 aromatic heterocycles. The van der Waals surface area contributed by atoms with Gasteiger partial charge in [-0.25, -0.2) is 4.79 Å². The number of hydrogen-bond donors (Lipinski definition) is 4. The summed E-state index contributed by atoms with van der Waals surface area (Å²) < 4.78 is 0.893. The van der Waals surface area contributed by atoms with E-state index in [1.165, 1.54) is 0 Å². The van der Waals surface area contributed by atoms with E-state index in [1.54, 1.807) is 24.3 Å². The molecule has 52 heavy (non-hydrogen) atoms. The third-order valence-electron chi connectivity index (χ3n) is 10.8. The number of carboxylic acids is 1. The van der Waals surface area contributed by atoms with Crippen molar-refractivity contribution in [3.8, 4) is 0 Å². The molecule has 0 aliphatic carbocycles. The number of hydrogen-bond acceptors (Lipinski definition) is 5. The highest BCUT2D eigenvalue weighted by molar-refractivity contribution is 9.11. The standard InChI is InChI=1S/C41H44Br2N4O5/c1-5-9-11-20(7-3)18-45-37(44)34-32-25(38(48)46-19-21(8-4)12-10-6-2)16-13-22-29-27(42)17-26-28-24(39(49)47-40(26)50)15-14-23(30(28)29)33(31(22)32)36(43)35(34)41(51)52/h13-17,20-21H,5-12,18-19H2,1-4H3,(H2,44,45)(H,46,48)(H,51,52)(H,47,49,50). The Bertz CT molecular complexity index is 2300. The van der Waals surface area contributed by atoms with Crippen LogP contribution >= 0.6 is 31.9 Å². The molecule has 2 atom stereocenters. The number of carbonyl (C=O) groups excluding carboxylic acids is 3. The zero-order valence-corrected chi connectivity index (χ0v) is 33.1. The molecule has 6 rings (SSSR count). The summed E-state index contributed by atoms with van der Waals surface area (Å²) in [4.78, 5) is 58.7. The van der Waals surface area contributed by atoms with Crippen LogP contribution in [0.15, 0.2) is 44.3 Å². The molecule has 9 nitrogen and oxygen atoms in total. The van der Waals surface area contributed by atoms with E-state index in [2.05, 4.69) is 70.2 Å². The molecule has 1 heterocycles. The molecular weight excluding hydrogens is 788 g/mol. The number of amides is 3. The summed E-state index contributed by atoms with van der Waals surface area (Å²) in [6.45, 7) is 9.44. The van der Waals surface area contributed by atoms with Gasteiger partial charge >= 0.3 is 5.97 Å². The van der Waals surface area contributed by atoms with E-state index in [-0.39, 0.29) is 33.3 Å². The number of carbonyl (C=O) groups is 4. The maximum Gasteiger partial charge on any atom is 0.337 e. The lowest BCUT2D eigenvalue weighted by molar-refractivity contribution is 0.0694. The molecule has 0 radical (unpaired) electrons. The summed E-state index contributed by atoms with van der Waals surface area (Å²) in [6.07, 6.45) is 8.04. The van der Waals surface area contributed by atoms with Gasteiger partial charge in [-0.3, -0.25) is 24.7 Å². The minimum atomic E-state index is -1.23. The Hall–Kier alpha value is -4.09. The average molecular weight is 833 g/mol. The Kier molecular flexibility index (Phi) is 11.2. The minimum Gasteiger partial charge on any atom is -0.478 e. The number of unbranched alkanes of at least 4 members (excludes halogenated alkanes) is 2. The van der Waals surface area contributed by atoms with Crippen molar-refractivity contribution in [2.75, 3.05) is 13.1 Å². The van der Waals surface area contributed by atoms with Crippen LogP contribution in [0.2, 0.25) is 0 Å². The van der Waals surface area contributed by atoms with Crippen LogP contribution in [0.4, 0.5) is 0 Å². The molecule has 5 aromatic rings. The lowest BCUT2D eigenvalue weighted by Crippen LogP contribution is -2.34. The van der Waals surface area contributed by atoms with Crippen LogP contribution in [0.5, 0.6) is 0 Å². The van der Waals surface area contributed by atoms with Crippen molar-refractivity contribution < 1.29 is 24.3 Å². The van der Waals surface area contributed by atoms with Gasteiger partial charge in [-0.1, -0.05) is 94.3 Å². The normalized spacial score (nSPS) is 14.5. The number of amidine groups is 1. The maximum absolute atomic E-state index is 14.3. The molecule has 0 spiro atoms. The zero-order valence-electron chi connectivity index (χ0n) is 30.0. The van der Waals surface area contributed by atoms with Crippen molar-refractivity contribution >= 4 is 104 Å². The highest BCUT2D eigenvalue weighted by atomic mass is 79.9. The number of benzene rings is 5. The van der Waals surface area contributed by atoms with E-state index < -0.39 is 17.8 Å². The Morgan fingerprint density at radius 3 is 2.08 bits per heavy atom. The fraction of sp³-hybridized carbons (Fsp3) is 0.390. The molecule has 3 amide bonds. The second-order valence-electron chi connectivity index (χ2n) is 13.9. The first-order valence-corrected chi connectivity index (χ1v) is 19.9. The van der Waals surface area contributed by atoms with Gasteiger partial charge < -0.3 is 16.2 Å². The van der Waals surface area contributed by atoms with Gasteiger partial charge in [0.15, 0.2) is 0 Å². The van der Waals surface area contributed by atoms with E-state index >= 15 is 0 Å². The molecule has 11 heteroatoms. The fourth-order valence-electron chi connectivity index (χ4n) is 7.81. The first kappa shape index (κ1) is 37.7.